The van der Waals surface area contributed by atoms with Crippen LogP contribution in [0, 0.1) is 0 Å². The molecule has 0 aliphatic heterocycles. The van der Waals surface area contributed by atoms with Crippen LogP contribution in [0.1, 0.15) is 20.8 Å². The van der Waals surface area contributed by atoms with E-state index in [1.54, 1.807) is 0 Å². The van der Waals surface area contributed by atoms with Crippen molar-refractivity contribution < 1.29 is 14.7 Å². The van der Waals surface area contributed by atoms with Crippen LogP contribution >= 0.6 is 0 Å². The molecule has 86 valence electrons. The Morgan fingerprint density at radius 1 is 1.41 bits per heavy atom. The molecular weight excluding hydrogens is 224 g/mol. The third-order valence-electron chi connectivity index (χ3n) is 1.99. The third kappa shape index (κ3) is 2.46. The number of aromatic amines is 1. The van der Waals surface area contributed by atoms with E-state index in [1.165, 1.54) is 30.9 Å². The van der Waals surface area contributed by atoms with Crippen molar-refractivity contribution >= 4 is 17.7 Å². The minimum Gasteiger partial charge on any atom is -0.478 e. The minimum atomic E-state index is -1.08. The van der Waals surface area contributed by atoms with Crippen LogP contribution in [0.5, 0.6) is 0 Å². The fourth-order valence-corrected chi connectivity index (χ4v) is 1.20. The number of carbonyl (C=O) groups is 2. The molecule has 7 heteroatoms. The molecule has 2 aromatic heterocycles. The van der Waals surface area contributed by atoms with E-state index in [1.807, 2.05) is 0 Å². The van der Waals surface area contributed by atoms with E-state index in [4.69, 9.17) is 5.11 Å². The molecule has 2 rings (SSSR count). The Morgan fingerprint density at radius 2 is 2.24 bits per heavy atom. The van der Waals surface area contributed by atoms with E-state index in [-0.39, 0.29) is 17.1 Å². The second-order valence-corrected chi connectivity index (χ2v) is 3.15. The standard InChI is InChI=1S/C10H8N4O3/c15-9(7-4-11-5-13-7)14-8-3-6(10(16)17)1-2-12-8/h1-5H,(H,11,13)(H,16,17)(H,12,14,15). The lowest BCUT2D eigenvalue weighted by atomic mass is 10.2. The Bertz CT molecular complexity index is 550. The number of rotatable bonds is 3. The molecule has 0 radical (unpaired) electrons. The van der Waals surface area contributed by atoms with Crippen molar-refractivity contribution in [3.8, 4) is 0 Å². The summed E-state index contributed by atoms with van der Waals surface area (Å²) in [5.41, 5.74) is 0.326. The van der Waals surface area contributed by atoms with E-state index >= 15 is 0 Å². The number of amides is 1. The highest BCUT2D eigenvalue weighted by Crippen LogP contribution is 2.08. The maximum atomic E-state index is 11.6. The number of anilines is 1. The van der Waals surface area contributed by atoms with Crippen molar-refractivity contribution in [2.24, 2.45) is 0 Å². The van der Waals surface area contributed by atoms with E-state index in [9.17, 15) is 9.59 Å². The van der Waals surface area contributed by atoms with Crippen LogP contribution in [-0.4, -0.2) is 31.9 Å². The van der Waals surface area contributed by atoms with Crippen molar-refractivity contribution in [1.29, 1.82) is 0 Å². The van der Waals surface area contributed by atoms with Crippen LogP contribution in [0.4, 0.5) is 5.82 Å². The Hall–Kier alpha value is -2.70. The second kappa shape index (κ2) is 4.44. The molecule has 0 unspecified atom stereocenters. The molecule has 1 amide bonds. The van der Waals surface area contributed by atoms with Gasteiger partial charge in [-0.25, -0.2) is 14.8 Å². The number of pyridine rings is 1. The summed E-state index contributed by atoms with van der Waals surface area (Å²) in [4.78, 5) is 32.5. The van der Waals surface area contributed by atoms with Gasteiger partial charge in [-0.3, -0.25) is 4.79 Å². The molecule has 17 heavy (non-hydrogen) atoms. The van der Waals surface area contributed by atoms with Crippen molar-refractivity contribution in [3.05, 3.63) is 42.1 Å². The second-order valence-electron chi connectivity index (χ2n) is 3.15. The number of carbonyl (C=O) groups excluding carboxylic acids is 1. The summed E-state index contributed by atoms with van der Waals surface area (Å²) < 4.78 is 0. The van der Waals surface area contributed by atoms with E-state index in [0.29, 0.717) is 0 Å². The fourth-order valence-electron chi connectivity index (χ4n) is 1.20. The summed E-state index contributed by atoms with van der Waals surface area (Å²) in [6.45, 7) is 0. The smallest absolute Gasteiger partial charge is 0.335 e. The van der Waals surface area contributed by atoms with Gasteiger partial charge >= 0.3 is 5.97 Å². The first kappa shape index (κ1) is 10.8. The number of imidazole rings is 1. The predicted molar refractivity (Wildman–Crippen MR) is 57.7 cm³/mol. The molecule has 2 heterocycles. The van der Waals surface area contributed by atoms with Crippen LogP contribution in [0.2, 0.25) is 0 Å². The topological polar surface area (TPSA) is 108 Å². The molecule has 0 spiro atoms. The summed E-state index contributed by atoms with van der Waals surface area (Å²) in [6.07, 6.45) is 4.04. The number of nitrogens with zero attached hydrogens (tertiary/aromatic N) is 2. The Morgan fingerprint density at radius 3 is 2.88 bits per heavy atom. The van der Waals surface area contributed by atoms with Crippen molar-refractivity contribution in [2.75, 3.05) is 5.32 Å². The highest BCUT2D eigenvalue weighted by atomic mass is 16.4. The van der Waals surface area contributed by atoms with Gasteiger partial charge in [-0.15, -0.1) is 0 Å². The number of aromatic nitrogens is 3. The molecule has 3 N–H and O–H groups in total. The number of nitrogens with one attached hydrogen (secondary N) is 2. The van der Waals surface area contributed by atoms with Gasteiger partial charge in [-0.2, -0.15) is 0 Å². The lowest BCUT2D eigenvalue weighted by Crippen LogP contribution is -2.13. The fraction of sp³-hybridized carbons (Fsp3) is 0. The molecular formula is C10H8N4O3. The normalized spacial score (nSPS) is 9.88. The zero-order chi connectivity index (χ0) is 12.3. The molecule has 0 fully saturated rings. The van der Waals surface area contributed by atoms with Crippen LogP contribution < -0.4 is 5.32 Å². The lowest BCUT2D eigenvalue weighted by molar-refractivity contribution is 0.0696. The van der Waals surface area contributed by atoms with Gasteiger partial charge in [0, 0.05) is 6.20 Å². The lowest BCUT2D eigenvalue weighted by Gasteiger charge is -2.02. The average molecular weight is 232 g/mol. The van der Waals surface area contributed by atoms with E-state index in [0.717, 1.165) is 0 Å². The van der Waals surface area contributed by atoms with Crippen molar-refractivity contribution in [3.63, 3.8) is 0 Å². The molecule has 0 aliphatic carbocycles. The minimum absolute atomic E-state index is 0.0555. The summed E-state index contributed by atoms with van der Waals surface area (Å²) in [7, 11) is 0. The molecule has 0 aliphatic rings. The largest absolute Gasteiger partial charge is 0.478 e. The number of hydrogen-bond donors (Lipinski definition) is 3. The monoisotopic (exact) mass is 232 g/mol. The SMILES string of the molecule is O=C(O)c1ccnc(NC(=O)c2cnc[nH]2)c1. The molecule has 0 bridgehead atoms. The zero-order valence-electron chi connectivity index (χ0n) is 8.54. The molecule has 2 aromatic rings. The van der Waals surface area contributed by atoms with Gasteiger partial charge in [0.15, 0.2) is 0 Å². The average Bonchev–Trinajstić information content (AvgIpc) is 2.82. The number of H-pyrrole nitrogens is 1. The molecule has 0 saturated heterocycles. The van der Waals surface area contributed by atoms with Crippen LogP contribution in [0.3, 0.4) is 0 Å². The first-order chi connectivity index (χ1) is 8.16. The summed E-state index contributed by atoms with van der Waals surface area (Å²) in [6, 6.07) is 2.62. The summed E-state index contributed by atoms with van der Waals surface area (Å²) in [5, 5.41) is 11.2. The quantitative estimate of drug-likeness (QED) is 0.723. The van der Waals surface area contributed by atoms with Crippen LogP contribution in [0.25, 0.3) is 0 Å². The van der Waals surface area contributed by atoms with Gasteiger partial charge < -0.3 is 15.4 Å². The maximum Gasteiger partial charge on any atom is 0.335 e. The summed E-state index contributed by atoms with van der Waals surface area (Å²) >= 11 is 0. The van der Waals surface area contributed by atoms with E-state index in [2.05, 4.69) is 20.3 Å². The molecule has 0 atom stereocenters. The first-order valence-corrected chi connectivity index (χ1v) is 4.66. The van der Waals surface area contributed by atoms with Crippen LogP contribution in [0.15, 0.2) is 30.9 Å². The number of carboxylic acids is 1. The van der Waals surface area contributed by atoms with Gasteiger partial charge in [0.25, 0.3) is 5.91 Å². The van der Waals surface area contributed by atoms with Crippen molar-refractivity contribution in [1.82, 2.24) is 15.0 Å². The van der Waals surface area contributed by atoms with E-state index < -0.39 is 11.9 Å². The summed E-state index contributed by atoms with van der Waals surface area (Å²) in [5.74, 6) is -1.34. The molecule has 0 aromatic carbocycles. The van der Waals surface area contributed by atoms with Gasteiger partial charge in [-0.05, 0) is 12.1 Å². The highest BCUT2D eigenvalue weighted by Gasteiger charge is 2.09. The number of carboxylic acid groups (broad SMARTS) is 1. The first-order valence-electron chi connectivity index (χ1n) is 4.66. The zero-order valence-corrected chi connectivity index (χ0v) is 8.54. The molecule has 7 nitrogen and oxygen atoms in total. The Balaban J connectivity index is 2.16. The Labute approximate surface area is 95.5 Å². The number of aromatic carboxylic acids is 1. The van der Waals surface area contributed by atoms with Gasteiger partial charge in [-0.1, -0.05) is 0 Å². The highest BCUT2D eigenvalue weighted by molar-refractivity contribution is 6.02. The van der Waals surface area contributed by atoms with Gasteiger partial charge in [0.1, 0.15) is 11.5 Å². The predicted octanol–water partition coefficient (Wildman–Crippen LogP) is 0.755. The Kier molecular flexibility index (Phi) is 2.82. The third-order valence-corrected chi connectivity index (χ3v) is 1.99. The maximum absolute atomic E-state index is 11.6. The van der Waals surface area contributed by atoms with Crippen molar-refractivity contribution in [2.45, 2.75) is 0 Å². The van der Waals surface area contributed by atoms with Crippen LogP contribution in [-0.2, 0) is 0 Å². The number of hydrogen-bond acceptors (Lipinski definition) is 4. The molecule has 0 saturated carbocycles. The van der Waals surface area contributed by atoms with Gasteiger partial charge in [0.05, 0.1) is 18.1 Å². The van der Waals surface area contributed by atoms with Gasteiger partial charge in [0.2, 0.25) is 0 Å².